The van der Waals surface area contributed by atoms with Crippen LogP contribution in [-0.4, -0.2) is 48.7 Å². The normalized spacial score (nSPS) is 11.5. The smallest absolute Gasteiger partial charge is 0.163 e. The number of nitrogens with zero attached hydrogens (tertiary/aromatic N) is 2. The predicted molar refractivity (Wildman–Crippen MR) is 93.4 cm³/mol. The van der Waals surface area contributed by atoms with Gasteiger partial charge in [-0.2, -0.15) is 0 Å². The summed E-state index contributed by atoms with van der Waals surface area (Å²) < 4.78 is 11.4. The average molecular weight is 313 g/mol. The molecule has 2 aromatic heterocycles. The van der Waals surface area contributed by atoms with Crippen LogP contribution in [0.1, 0.15) is 13.3 Å². The minimum Gasteiger partial charge on any atom is -0.493 e. The number of aromatic nitrogens is 2. The molecule has 0 aliphatic rings. The Balaban J connectivity index is 1.83. The number of fused-ring (bicyclic) bond motifs is 3. The van der Waals surface area contributed by atoms with Crippen LogP contribution in [0.2, 0.25) is 0 Å². The highest BCUT2D eigenvalue weighted by molar-refractivity contribution is 6.07. The minimum absolute atomic E-state index is 0.675. The fourth-order valence-electron chi connectivity index (χ4n) is 2.70. The Labute approximate surface area is 136 Å². The Morgan fingerprint density at radius 2 is 2.04 bits per heavy atom. The Morgan fingerprint density at radius 1 is 1.17 bits per heavy atom. The number of rotatable bonds is 7. The van der Waals surface area contributed by atoms with E-state index in [2.05, 4.69) is 28.8 Å². The summed E-state index contributed by atoms with van der Waals surface area (Å²) in [5.74, 6) is 1.53. The number of hydrogen-bond donors (Lipinski definition) is 1. The van der Waals surface area contributed by atoms with Gasteiger partial charge in [0.1, 0.15) is 0 Å². The van der Waals surface area contributed by atoms with Crippen molar-refractivity contribution in [2.24, 2.45) is 0 Å². The molecular weight excluding hydrogens is 290 g/mol. The maximum Gasteiger partial charge on any atom is 0.163 e. The summed E-state index contributed by atoms with van der Waals surface area (Å²) in [5.41, 5.74) is 2.10. The second-order valence-electron chi connectivity index (χ2n) is 5.69. The van der Waals surface area contributed by atoms with Crippen LogP contribution in [0.15, 0.2) is 30.6 Å². The first-order valence-electron chi connectivity index (χ1n) is 7.97. The largest absolute Gasteiger partial charge is 0.493 e. The maximum atomic E-state index is 5.94. The fourth-order valence-corrected chi connectivity index (χ4v) is 2.70. The van der Waals surface area contributed by atoms with E-state index in [1.807, 2.05) is 24.4 Å². The van der Waals surface area contributed by atoms with Crippen molar-refractivity contribution in [1.82, 2.24) is 14.9 Å². The molecule has 2 heterocycles. The lowest BCUT2D eigenvalue weighted by atomic mass is 10.2. The number of pyridine rings is 1. The quantitative estimate of drug-likeness (QED) is 0.679. The molecule has 23 heavy (non-hydrogen) atoms. The zero-order valence-electron chi connectivity index (χ0n) is 13.9. The third-order valence-corrected chi connectivity index (χ3v) is 4.17. The van der Waals surface area contributed by atoms with Crippen LogP contribution in [0, 0.1) is 0 Å². The van der Waals surface area contributed by atoms with Gasteiger partial charge in [0.25, 0.3) is 0 Å². The topological polar surface area (TPSA) is 50.4 Å². The molecule has 0 saturated heterocycles. The fraction of sp³-hybridized carbons (Fsp3) is 0.389. The van der Waals surface area contributed by atoms with E-state index in [4.69, 9.17) is 9.47 Å². The van der Waals surface area contributed by atoms with Gasteiger partial charge in [-0.15, -0.1) is 0 Å². The van der Waals surface area contributed by atoms with Crippen molar-refractivity contribution >= 4 is 21.8 Å². The zero-order chi connectivity index (χ0) is 16.2. The highest BCUT2D eigenvalue weighted by Gasteiger charge is 2.11. The maximum absolute atomic E-state index is 5.94. The van der Waals surface area contributed by atoms with E-state index in [0.29, 0.717) is 6.61 Å². The number of nitrogens with one attached hydrogen (secondary N) is 1. The van der Waals surface area contributed by atoms with Gasteiger partial charge in [-0.25, -0.2) is 0 Å². The number of benzene rings is 1. The molecule has 0 aliphatic heterocycles. The van der Waals surface area contributed by atoms with Gasteiger partial charge in [0.15, 0.2) is 11.5 Å². The third kappa shape index (κ3) is 3.24. The summed E-state index contributed by atoms with van der Waals surface area (Å²) in [6.45, 7) is 4.91. The average Bonchev–Trinajstić information content (AvgIpc) is 2.95. The molecule has 0 bridgehead atoms. The molecule has 0 saturated carbocycles. The van der Waals surface area contributed by atoms with Gasteiger partial charge in [0, 0.05) is 41.3 Å². The zero-order valence-corrected chi connectivity index (χ0v) is 13.9. The van der Waals surface area contributed by atoms with Gasteiger partial charge in [-0.05, 0) is 32.1 Å². The molecule has 0 radical (unpaired) electrons. The Hall–Kier alpha value is -2.27. The van der Waals surface area contributed by atoms with Crippen LogP contribution in [0.5, 0.6) is 11.5 Å². The van der Waals surface area contributed by atoms with Crippen LogP contribution in [0.3, 0.4) is 0 Å². The van der Waals surface area contributed by atoms with Crippen LogP contribution < -0.4 is 9.47 Å². The number of methoxy groups -OCH3 is 1. The molecule has 0 fully saturated rings. The van der Waals surface area contributed by atoms with Gasteiger partial charge >= 0.3 is 0 Å². The van der Waals surface area contributed by atoms with Gasteiger partial charge in [-0.3, -0.25) is 4.98 Å². The molecule has 0 unspecified atom stereocenters. The van der Waals surface area contributed by atoms with Crippen molar-refractivity contribution in [2.75, 3.05) is 33.9 Å². The number of ether oxygens (including phenoxy) is 2. The summed E-state index contributed by atoms with van der Waals surface area (Å²) in [4.78, 5) is 9.88. The summed E-state index contributed by atoms with van der Waals surface area (Å²) in [5, 5.41) is 2.19. The molecule has 0 atom stereocenters. The Morgan fingerprint density at radius 3 is 2.83 bits per heavy atom. The molecule has 0 aliphatic carbocycles. The van der Waals surface area contributed by atoms with Crippen LogP contribution in [-0.2, 0) is 0 Å². The van der Waals surface area contributed by atoms with E-state index < -0.39 is 0 Å². The van der Waals surface area contributed by atoms with Crippen molar-refractivity contribution in [2.45, 2.75) is 13.3 Å². The lowest BCUT2D eigenvalue weighted by Crippen LogP contribution is -2.20. The summed E-state index contributed by atoms with van der Waals surface area (Å²) in [7, 11) is 3.79. The SMILES string of the molecule is CCN(C)CCCOc1cc2[nH]c3ccncc3c2cc1OC. The number of H-pyrrole nitrogens is 1. The summed E-state index contributed by atoms with van der Waals surface area (Å²) in [6.07, 6.45) is 4.65. The van der Waals surface area contributed by atoms with Crippen LogP contribution in [0.25, 0.3) is 21.8 Å². The highest BCUT2D eigenvalue weighted by Crippen LogP contribution is 2.35. The van der Waals surface area contributed by atoms with Crippen molar-refractivity contribution in [3.8, 4) is 11.5 Å². The number of hydrogen-bond acceptors (Lipinski definition) is 4. The molecule has 0 spiro atoms. The predicted octanol–water partition coefficient (Wildman–Crippen LogP) is 3.45. The van der Waals surface area contributed by atoms with Gasteiger partial charge in [-0.1, -0.05) is 6.92 Å². The van der Waals surface area contributed by atoms with Gasteiger partial charge in [0.2, 0.25) is 0 Å². The summed E-state index contributed by atoms with van der Waals surface area (Å²) in [6, 6.07) is 6.00. The highest BCUT2D eigenvalue weighted by atomic mass is 16.5. The molecule has 1 aromatic carbocycles. The molecule has 1 N–H and O–H groups in total. The lowest BCUT2D eigenvalue weighted by molar-refractivity contribution is 0.258. The van der Waals surface area contributed by atoms with Crippen LogP contribution in [0.4, 0.5) is 0 Å². The summed E-state index contributed by atoms with van der Waals surface area (Å²) >= 11 is 0. The van der Waals surface area contributed by atoms with Crippen molar-refractivity contribution in [3.05, 3.63) is 30.6 Å². The van der Waals surface area contributed by atoms with Crippen molar-refractivity contribution in [1.29, 1.82) is 0 Å². The van der Waals surface area contributed by atoms with E-state index in [1.165, 1.54) is 0 Å². The van der Waals surface area contributed by atoms with Crippen molar-refractivity contribution in [3.63, 3.8) is 0 Å². The molecule has 0 amide bonds. The molecular formula is C18H23N3O2. The first-order chi connectivity index (χ1) is 11.2. The van der Waals surface area contributed by atoms with Gasteiger partial charge in [0.05, 0.1) is 19.2 Å². The van der Waals surface area contributed by atoms with E-state index in [-0.39, 0.29) is 0 Å². The lowest BCUT2D eigenvalue weighted by Gasteiger charge is -2.15. The first-order valence-corrected chi connectivity index (χ1v) is 7.97. The molecule has 3 rings (SSSR count). The van der Waals surface area contributed by atoms with E-state index in [9.17, 15) is 0 Å². The Kier molecular flexibility index (Phi) is 4.67. The molecule has 5 nitrogen and oxygen atoms in total. The van der Waals surface area contributed by atoms with Crippen molar-refractivity contribution < 1.29 is 9.47 Å². The first kappa shape index (κ1) is 15.6. The van der Waals surface area contributed by atoms with E-state index >= 15 is 0 Å². The molecule has 122 valence electrons. The Bertz CT molecular complexity index is 797. The van der Waals surface area contributed by atoms with E-state index in [0.717, 1.165) is 52.8 Å². The standard InChI is InChI=1S/C18H23N3O2/c1-4-21(2)8-5-9-23-18-11-16-13(10-17(18)22-3)14-12-19-7-6-15(14)20-16/h6-7,10-12,20H,4-5,8-9H2,1-3H3. The third-order valence-electron chi connectivity index (χ3n) is 4.17. The molecule has 3 aromatic rings. The number of aromatic amines is 1. The van der Waals surface area contributed by atoms with E-state index in [1.54, 1.807) is 13.3 Å². The second-order valence-corrected chi connectivity index (χ2v) is 5.69. The van der Waals surface area contributed by atoms with Crippen LogP contribution >= 0.6 is 0 Å². The second kappa shape index (κ2) is 6.87. The molecule has 5 heteroatoms. The van der Waals surface area contributed by atoms with Gasteiger partial charge < -0.3 is 19.4 Å². The minimum atomic E-state index is 0.675. The monoisotopic (exact) mass is 313 g/mol.